The van der Waals surface area contributed by atoms with Gasteiger partial charge in [-0.2, -0.15) is 0 Å². The van der Waals surface area contributed by atoms with Gasteiger partial charge in [-0.25, -0.2) is 20.1 Å². The molecule has 0 unspecified atom stereocenters. The molecule has 7 nitrogen and oxygen atoms in total. The van der Waals surface area contributed by atoms with Crippen molar-refractivity contribution in [1.82, 2.24) is 9.97 Å². The minimum absolute atomic E-state index is 0.378. The number of nitrogens with zero attached hydrogens (tertiary/aromatic N) is 5. The van der Waals surface area contributed by atoms with Crippen molar-refractivity contribution in [3.8, 4) is 22.5 Å². The first-order valence-electron chi connectivity index (χ1n) is 14.2. The molecule has 2 aromatic carbocycles. The molecule has 4 rings (SSSR count). The second-order valence-electron chi connectivity index (χ2n) is 12.5. The molecule has 0 bridgehead atoms. The number of benzene rings is 2. The molecule has 0 saturated carbocycles. The molecule has 4 aromatic rings. The van der Waals surface area contributed by atoms with Crippen LogP contribution in [0, 0.1) is 13.8 Å². The maximum absolute atomic E-state index is 10.5. The van der Waals surface area contributed by atoms with Crippen LogP contribution in [0.15, 0.2) is 78.9 Å². The summed E-state index contributed by atoms with van der Waals surface area (Å²) in [5.74, 6) is 1.12. The Bertz CT molecular complexity index is 1490. The number of anilines is 3. The Balaban J connectivity index is 0.000000284. The molecule has 0 aliphatic rings. The Morgan fingerprint density at radius 3 is 1.50 bits per heavy atom. The molecule has 0 atom stereocenters. The van der Waals surface area contributed by atoms with Crippen molar-refractivity contribution >= 4 is 34.3 Å². The van der Waals surface area contributed by atoms with E-state index in [1.54, 1.807) is 0 Å². The number of aryl methyl sites for hydroxylation is 2. The number of halogens is 2. The molecule has 0 radical (unpaired) electrons. The van der Waals surface area contributed by atoms with E-state index in [-0.39, 0.29) is 5.54 Å². The zero-order valence-corrected chi connectivity index (χ0v) is 31.4. The summed E-state index contributed by atoms with van der Waals surface area (Å²) < 4.78 is 0. The molecule has 2 N–H and O–H groups in total. The number of pyridine rings is 2. The van der Waals surface area contributed by atoms with Crippen LogP contribution in [0.3, 0.4) is 0 Å². The molecular weight excluding hydrogens is 673 g/mol. The van der Waals surface area contributed by atoms with Gasteiger partial charge in [-0.05, 0) is 84.7 Å². The standard InChI is InChI=1S/C18H25N3O.C16H20N2O.2ClH.Zr/c1-13-9-7-8-10-15(13)16-11-14(20(5)6)12-17(19-16)21(22)18(2,3)4;1-12-8-5-6-9-13(12)14-10-7-11-15(17-14)18(19)16(2,3)4;;;/h7-12,22H,1-6H3;5-11,19H,1-4H3;2*1H;/q;;;;+4/p-2. The van der Waals surface area contributed by atoms with E-state index in [1.165, 1.54) is 15.7 Å². The van der Waals surface area contributed by atoms with Gasteiger partial charge >= 0.3 is 37.9 Å². The third kappa shape index (κ3) is 10.9. The molecule has 0 saturated heterocycles. The van der Waals surface area contributed by atoms with Gasteiger partial charge in [-0.1, -0.05) is 54.6 Å². The van der Waals surface area contributed by atoms with Crippen LogP contribution in [-0.2, 0) is 20.8 Å². The predicted octanol–water partition coefficient (Wildman–Crippen LogP) is 9.54. The zero-order valence-electron chi connectivity index (χ0n) is 27.4. The van der Waals surface area contributed by atoms with Gasteiger partial charge in [0.25, 0.3) is 0 Å². The molecule has 0 spiro atoms. The molecule has 0 aliphatic carbocycles. The quantitative estimate of drug-likeness (QED) is 0.199. The van der Waals surface area contributed by atoms with Crippen LogP contribution < -0.4 is 15.0 Å². The summed E-state index contributed by atoms with van der Waals surface area (Å²) >= 11 is -0.826. The predicted molar refractivity (Wildman–Crippen MR) is 183 cm³/mol. The normalized spacial score (nSPS) is 10.9. The van der Waals surface area contributed by atoms with Crippen molar-refractivity contribution in [2.24, 2.45) is 0 Å². The first-order valence-corrected chi connectivity index (χ1v) is 20.6. The summed E-state index contributed by atoms with van der Waals surface area (Å²) in [5, 5.41) is 23.1. The number of rotatable bonds is 5. The molecule has 0 fully saturated rings. The molecule has 234 valence electrons. The second-order valence-corrected chi connectivity index (χ2v) is 16.2. The maximum atomic E-state index is 10.5. The van der Waals surface area contributed by atoms with Crippen LogP contribution in [0.5, 0.6) is 0 Å². The van der Waals surface area contributed by atoms with E-state index in [9.17, 15) is 10.4 Å². The topological polar surface area (TPSA) is 76.0 Å². The summed E-state index contributed by atoms with van der Waals surface area (Å²) in [6.45, 7) is 15.8. The van der Waals surface area contributed by atoms with Crippen molar-refractivity contribution in [3.05, 3.63) is 90.0 Å². The summed E-state index contributed by atoms with van der Waals surface area (Å²) in [5.41, 5.74) is 6.46. The van der Waals surface area contributed by atoms with Gasteiger partial charge in [0.1, 0.15) is 0 Å². The van der Waals surface area contributed by atoms with Crippen LogP contribution in [0.25, 0.3) is 22.5 Å². The van der Waals surface area contributed by atoms with Gasteiger partial charge in [0, 0.05) is 37.0 Å². The molecule has 0 amide bonds. The first kappa shape index (κ1) is 37.7. The summed E-state index contributed by atoms with van der Waals surface area (Å²) in [4.78, 5) is 11.2. The monoisotopic (exact) mass is 715 g/mol. The van der Waals surface area contributed by atoms with E-state index >= 15 is 0 Å². The zero-order chi connectivity index (χ0) is 33.2. The Morgan fingerprint density at radius 2 is 1.05 bits per heavy atom. The first-order chi connectivity index (χ1) is 20.5. The van der Waals surface area contributed by atoms with Gasteiger partial charge in [-0.3, -0.25) is 10.4 Å². The van der Waals surface area contributed by atoms with Crippen molar-refractivity contribution in [2.75, 3.05) is 29.1 Å². The fraction of sp³-hybridized carbons (Fsp3) is 0.353. The Hall–Kier alpha value is -2.48. The molecular formula is C34H45Cl2N5O2Zr+2. The van der Waals surface area contributed by atoms with Crippen molar-refractivity contribution in [1.29, 1.82) is 0 Å². The number of aromatic nitrogens is 2. The molecule has 10 heteroatoms. The second kappa shape index (κ2) is 16.7. The average Bonchev–Trinajstić information content (AvgIpc) is 2.96. The van der Waals surface area contributed by atoms with Crippen LogP contribution in [0.4, 0.5) is 17.3 Å². The Labute approximate surface area is 282 Å². The summed E-state index contributed by atoms with van der Waals surface area (Å²) in [6, 6.07) is 25.9. The van der Waals surface area contributed by atoms with E-state index in [0.29, 0.717) is 11.6 Å². The van der Waals surface area contributed by atoms with Crippen LogP contribution in [0.2, 0.25) is 0 Å². The number of hydrogen-bond acceptors (Lipinski definition) is 7. The summed E-state index contributed by atoms with van der Waals surface area (Å²) in [6.07, 6.45) is 0. The van der Waals surface area contributed by atoms with E-state index in [0.717, 1.165) is 33.8 Å². The fourth-order valence-corrected chi connectivity index (χ4v) is 4.11. The van der Waals surface area contributed by atoms with Crippen molar-refractivity contribution in [3.63, 3.8) is 0 Å². The average molecular weight is 718 g/mol. The number of hydroxylamine groups is 2. The van der Waals surface area contributed by atoms with Crippen LogP contribution in [0.1, 0.15) is 52.7 Å². The Morgan fingerprint density at radius 1 is 0.614 bits per heavy atom. The van der Waals surface area contributed by atoms with E-state index in [1.807, 2.05) is 121 Å². The van der Waals surface area contributed by atoms with Crippen molar-refractivity contribution < 1.29 is 31.3 Å². The van der Waals surface area contributed by atoms with Gasteiger partial charge in [0.15, 0.2) is 11.6 Å². The van der Waals surface area contributed by atoms with E-state index in [2.05, 4.69) is 42.0 Å². The van der Waals surface area contributed by atoms with E-state index < -0.39 is 26.4 Å². The molecule has 0 aliphatic heterocycles. The minimum atomic E-state index is -0.826. The van der Waals surface area contributed by atoms with Gasteiger partial charge in [-0.15, -0.1) is 0 Å². The van der Waals surface area contributed by atoms with Crippen LogP contribution in [-0.4, -0.2) is 45.6 Å². The van der Waals surface area contributed by atoms with E-state index in [4.69, 9.17) is 17.0 Å². The van der Waals surface area contributed by atoms with Gasteiger partial charge in [0.05, 0.1) is 22.5 Å². The number of hydrogen-bond donors (Lipinski definition) is 2. The van der Waals surface area contributed by atoms with Crippen LogP contribution >= 0.6 is 17.0 Å². The molecule has 2 heterocycles. The third-order valence-electron chi connectivity index (χ3n) is 6.59. The SMILES string of the molecule is Cc1ccccc1-c1cc(N(C)C)cc(N(O)C(C)(C)C)n1.Cc1ccccc1-c1cccc(N(O)C(C)(C)C)n1.[Cl][Zr+2][Cl]. The summed E-state index contributed by atoms with van der Waals surface area (Å²) in [7, 11) is 13.8. The fourth-order valence-electron chi connectivity index (χ4n) is 4.11. The van der Waals surface area contributed by atoms with Crippen molar-refractivity contribution in [2.45, 2.75) is 66.5 Å². The van der Waals surface area contributed by atoms with Gasteiger partial charge in [0.2, 0.25) is 0 Å². The molecule has 2 aromatic heterocycles. The Kier molecular flexibility index (Phi) is 14.3. The molecule has 44 heavy (non-hydrogen) atoms. The van der Waals surface area contributed by atoms with Gasteiger partial charge < -0.3 is 4.90 Å². The third-order valence-corrected chi connectivity index (χ3v) is 6.59.